The summed E-state index contributed by atoms with van der Waals surface area (Å²) >= 11 is 0. The van der Waals surface area contributed by atoms with E-state index in [2.05, 4.69) is 15.2 Å². The Kier molecular flexibility index (Phi) is 4.38. The Morgan fingerprint density at radius 3 is 2.72 bits per heavy atom. The van der Waals surface area contributed by atoms with Gasteiger partial charge in [-0.05, 0) is 12.1 Å². The fraction of sp³-hybridized carbons (Fsp3) is 0.417. The number of rotatable bonds is 6. The summed E-state index contributed by atoms with van der Waals surface area (Å²) in [6.45, 7) is 1.57. The molecule has 1 aromatic carbocycles. The van der Waals surface area contributed by atoms with Gasteiger partial charge in [-0.15, -0.1) is 10.2 Å². The summed E-state index contributed by atoms with van der Waals surface area (Å²) in [6, 6.07) is 7.61. The summed E-state index contributed by atoms with van der Waals surface area (Å²) in [5, 5.41) is 16.8. The number of hydrogen-bond acceptors (Lipinski definition) is 6. The standard InChI is InChI=1S/C12H16N4O2/c1-16(6-8-18-9-7-17)12-13-10-4-2-3-5-11(10)14-15-12/h2-5,17H,6-9H2,1H3. The SMILES string of the molecule is CN(CCOCCO)c1nnc2ccccc2n1. The molecule has 0 radical (unpaired) electrons. The largest absolute Gasteiger partial charge is 0.394 e. The van der Waals surface area contributed by atoms with Crippen molar-refractivity contribution in [2.75, 3.05) is 38.3 Å². The fourth-order valence-corrected chi connectivity index (χ4v) is 1.50. The minimum atomic E-state index is 0.0394. The van der Waals surface area contributed by atoms with Crippen LogP contribution in [-0.4, -0.2) is 53.7 Å². The highest BCUT2D eigenvalue weighted by Crippen LogP contribution is 2.10. The maximum Gasteiger partial charge on any atom is 0.245 e. The van der Waals surface area contributed by atoms with Crippen LogP contribution >= 0.6 is 0 Å². The van der Waals surface area contributed by atoms with E-state index in [0.29, 0.717) is 25.7 Å². The van der Waals surface area contributed by atoms with Crippen LogP contribution in [-0.2, 0) is 4.74 Å². The minimum Gasteiger partial charge on any atom is -0.394 e. The maximum atomic E-state index is 8.59. The molecule has 96 valence electrons. The first-order valence-electron chi connectivity index (χ1n) is 5.80. The van der Waals surface area contributed by atoms with Crippen LogP contribution in [0.15, 0.2) is 24.3 Å². The van der Waals surface area contributed by atoms with E-state index in [9.17, 15) is 0 Å². The monoisotopic (exact) mass is 248 g/mol. The molecule has 0 spiro atoms. The van der Waals surface area contributed by atoms with Gasteiger partial charge in [0.2, 0.25) is 5.95 Å². The molecule has 0 bridgehead atoms. The first kappa shape index (κ1) is 12.7. The highest BCUT2D eigenvalue weighted by molar-refractivity contribution is 5.74. The van der Waals surface area contributed by atoms with E-state index in [1.165, 1.54) is 0 Å². The van der Waals surface area contributed by atoms with Crippen molar-refractivity contribution in [3.8, 4) is 0 Å². The van der Waals surface area contributed by atoms with Crippen molar-refractivity contribution in [3.63, 3.8) is 0 Å². The van der Waals surface area contributed by atoms with Gasteiger partial charge in [-0.1, -0.05) is 12.1 Å². The number of nitrogens with zero attached hydrogens (tertiary/aromatic N) is 4. The van der Waals surface area contributed by atoms with Crippen molar-refractivity contribution in [2.45, 2.75) is 0 Å². The van der Waals surface area contributed by atoms with E-state index in [1.54, 1.807) is 0 Å². The molecule has 0 aliphatic rings. The number of hydrogen-bond donors (Lipinski definition) is 1. The lowest BCUT2D eigenvalue weighted by Crippen LogP contribution is -2.25. The van der Waals surface area contributed by atoms with Crippen LogP contribution in [0, 0.1) is 0 Å². The minimum absolute atomic E-state index is 0.0394. The number of para-hydroxylation sites is 1. The molecule has 18 heavy (non-hydrogen) atoms. The van der Waals surface area contributed by atoms with E-state index < -0.39 is 0 Å². The Balaban J connectivity index is 2.01. The number of fused-ring (bicyclic) bond motifs is 1. The summed E-state index contributed by atoms with van der Waals surface area (Å²) in [7, 11) is 1.88. The van der Waals surface area contributed by atoms with Crippen molar-refractivity contribution >= 4 is 17.0 Å². The molecule has 2 rings (SSSR count). The van der Waals surface area contributed by atoms with Crippen molar-refractivity contribution in [3.05, 3.63) is 24.3 Å². The van der Waals surface area contributed by atoms with Crippen molar-refractivity contribution in [2.24, 2.45) is 0 Å². The number of ether oxygens (including phenoxy) is 1. The van der Waals surface area contributed by atoms with Gasteiger partial charge in [0.25, 0.3) is 0 Å². The molecule has 6 nitrogen and oxygen atoms in total. The Hall–Kier alpha value is -1.79. The predicted octanol–water partition coefficient (Wildman–Crippen LogP) is 0.470. The number of anilines is 1. The second-order valence-corrected chi connectivity index (χ2v) is 3.86. The first-order chi connectivity index (χ1) is 8.81. The molecule has 0 atom stereocenters. The topological polar surface area (TPSA) is 71.4 Å². The van der Waals surface area contributed by atoms with Gasteiger partial charge < -0.3 is 14.7 Å². The smallest absolute Gasteiger partial charge is 0.245 e. The molecular weight excluding hydrogens is 232 g/mol. The van der Waals surface area contributed by atoms with Gasteiger partial charge in [0.1, 0.15) is 5.52 Å². The van der Waals surface area contributed by atoms with Crippen LogP contribution in [0.3, 0.4) is 0 Å². The van der Waals surface area contributed by atoms with Gasteiger partial charge in [0.15, 0.2) is 0 Å². The van der Waals surface area contributed by atoms with Gasteiger partial charge in [-0.2, -0.15) is 0 Å². The van der Waals surface area contributed by atoms with Crippen LogP contribution in [0.25, 0.3) is 11.0 Å². The lowest BCUT2D eigenvalue weighted by Gasteiger charge is -2.16. The zero-order valence-corrected chi connectivity index (χ0v) is 10.3. The molecule has 2 aromatic rings. The summed E-state index contributed by atoms with van der Waals surface area (Å²) in [6.07, 6.45) is 0. The number of benzene rings is 1. The summed E-state index contributed by atoms with van der Waals surface area (Å²) in [4.78, 5) is 6.29. The molecule has 0 aliphatic carbocycles. The van der Waals surface area contributed by atoms with E-state index in [1.807, 2.05) is 36.2 Å². The third-order valence-electron chi connectivity index (χ3n) is 2.50. The second-order valence-electron chi connectivity index (χ2n) is 3.86. The molecule has 0 amide bonds. The van der Waals surface area contributed by atoms with Crippen LogP contribution in [0.2, 0.25) is 0 Å². The Labute approximate surface area is 105 Å². The normalized spacial score (nSPS) is 10.8. The fourth-order valence-electron chi connectivity index (χ4n) is 1.50. The van der Waals surface area contributed by atoms with E-state index >= 15 is 0 Å². The Morgan fingerprint density at radius 2 is 1.94 bits per heavy atom. The average Bonchev–Trinajstić information content (AvgIpc) is 2.43. The molecule has 1 aromatic heterocycles. The molecule has 0 fully saturated rings. The first-order valence-corrected chi connectivity index (χ1v) is 5.80. The molecule has 0 unspecified atom stereocenters. The van der Waals surface area contributed by atoms with E-state index in [0.717, 1.165) is 11.0 Å². The molecule has 0 aliphatic heterocycles. The van der Waals surface area contributed by atoms with Crippen LogP contribution in [0.4, 0.5) is 5.95 Å². The van der Waals surface area contributed by atoms with Gasteiger partial charge in [0, 0.05) is 13.6 Å². The maximum absolute atomic E-state index is 8.59. The van der Waals surface area contributed by atoms with Crippen molar-refractivity contribution in [1.29, 1.82) is 0 Å². The lowest BCUT2D eigenvalue weighted by molar-refractivity contribution is 0.0970. The van der Waals surface area contributed by atoms with Crippen LogP contribution in [0.5, 0.6) is 0 Å². The van der Waals surface area contributed by atoms with E-state index in [-0.39, 0.29) is 6.61 Å². The molecule has 6 heteroatoms. The Morgan fingerprint density at radius 1 is 1.17 bits per heavy atom. The van der Waals surface area contributed by atoms with Gasteiger partial charge in [-0.25, -0.2) is 4.98 Å². The lowest BCUT2D eigenvalue weighted by atomic mass is 10.3. The molecule has 0 saturated heterocycles. The highest BCUT2D eigenvalue weighted by atomic mass is 16.5. The highest BCUT2D eigenvalue weighted by Gasteiger charge is 2.06. The third-order valence-corrected chi connectivity index (χ3v) is 2.50. The zero-order valence-electron chi connectivity index (χ0n) is 10.3. The summed E-state index contributed by atoms with van der Waals surface area (Å²) < 4.78 is 5.19. The number of aromatic nitrogens is 3. The quantitative estimate of drug-likeness (QED) is 0.749. The molecule has 1 heterocycles. The Bertz CT molecular complexity index is 506. The third kappa shape index (κ3) is 3.12. The molecule has 0 saturated carbocycles. The van der Waals surface area contributed by atoms with Crippen LogP contribution < -0.4 is 4.90 Å². The molecular formula is C12H16N4O2. The number of aliphatic hydroxyl groups excluding tert-OH is 1. The van der Waals surface area contributed by atoms with Crippen LogP contribution in [0.1, 0.15) is 0 Å². The van der Waals surface area contributed by atoms with E-state index in [4.69, 9.17) is 9.84 Å². The van der Waals surface area contributed by atoms with Gasteiger partial charge >= 0.3 is 0 Å². The predicted molar refractivity (Wildman–Crippen MR) is 68.5 cm³/mol. The number of likely N-dealkylation sites (N-methyl/N-ethyl adjacent to an activating group) is 1. The van der Waals surface area contributed by atoms with Crippen molar-refractivity contribution in [1.82, 2.24) is 15.2 Å². The second kappa shape index (κ2) is 6.23. The van der Waals surface area contributed by atoms with Crippen molar-refractivity contribution < 1.29 is 9.84 Å². The van der Waals surface area contributed by atoms with Gasteiger partial charge in [-0.3, -0.25) is 0 Å². The van der Waals surface area contributed by atoms with Gasteiger partial charge in [0.05, 0.1) is 25.3 Å². The number of aliphatic hydroxyl groups is 1. The zero-order chi connectivity index (χ0) is 12.8. The average molecular weight is 248 g/mol. The summed E-state index contributed by atoms with van der Waals surface area (Å²) in [5.41, 5.74) is 1.61. The molecule has 1 N–H and O–H groups in total. The summed E-state index contributed by atoms with van der Waals surface area (Å²) in [5.74, 6) is 0.571.